The number of nitrogens with one attached hydrogen (secondary N) is 1. The predicted molar refractivity (Wildman–Crippen MR) is 110 cm³/mol. The minimum absolute atomic E-state index is 0.261. The Hall–Kier alpha value is -2.10. The van der Waals surface area contributed by atoms with Crippen molar-refractivity contribution in [1.82, 2.24) is 5.32 Å². The van der Waals surface area contributed by atoms with Crippen LogP contribution in [-0.4, -0.2) is 40.9 Å². The van der Waals surface area contributed by atoms with E-state index in [9.17, 15) is 5.11 Å². The standard InChI is InChI=1S/C17H17Br2NO2.C2H2O4/c1-22-17-14(18)6-10(7-15(17)19)8-16-13-3-2-12(21)9-11(13)4-5-20-16;3-1(4)2(5)6/h2-3,6-7,9,16,20-21H,4-5,8H2,1H3;(H,3,4)(H,5,6)/t16-;/m0./s1. The number of ether oxygens (including phenoxy) is 1. The fourth-order valence-electron chi connectivity index (χ4n) is 2.98. The number of hydrogen-bond donors (Lipinski definition) is 4. The van der Waals surface area contributed by atoms with E-state index in [2.05, 4.69) is 49.3 Å². The SMILES string of the molecule is COc1c(Br)cc(C[C@@H]2NCCc3cc(O)ccc32)cc1Br.O=C(O)C(=O)O. The summed E-state index contributed by atoms with van der Waals surface area (Å²) < 4.78 is 7.24. The van der Waals surface area contributed by atoms with Crippen molar-refractivity contribution in [2.75, 3.05) is 13.7 Å². The van der Waals surface area contributed by atoms with Crippen molar-refractivity contribution in [3.05, 3.63) is 56.0 Å². The summed E-state index contributed by atoms with van der Waals surface area (Å²) in [6.07, 6.45) is 1.84. The van der Waals surface area contributed by atoms with Gasteiger partial charge in [0.05, 0.1) is 16.1 Å². The van der Waals surface area contributed by atoms with Crippen molar-refractivity contribution in [3.63, 3.8) is 0 Å². The van der Waals surface area contributed by atoms with Crippen LogP contribution < -0.4 is 10.1 Å². The van der Waals surface area contributed by atoms with Crippen molar-refractivity contribution >= 4 is 43.8 Å². The van der Waals surface area contributed by atoms with Gasteiger partial charge in [0, 0.05) is 6.04 Å². The van der Waals surface area contributed by atoms with Crippen LogP contribution in [0.5, 0.6) is 11.5 Å². The number of phenols is 1. The number of methoxy groups -OCH3 is 1. The smallest absolute Gasteiger partial charge is 0.414 e. The van der Waals surface area contributed by atoms with E-state index >= 15 is 0 Å². The molecule has 0 radical (unpaired) electrons. The van der Waals surface area contributed by atoms with E-state index in [-0.39, 0.29) is 6.04 Å². The van der Waals surface area contributed by atoms with Gasteiger partial charge in [-0.2, -0.15) is 0 Å². The predicted octanol–water partition coefficient (Wildman–Crippen LogP) is 3.51. The number of benzene rings is 2. The molecular weight excluding hydrogens is 498 g/mol. The maximum absolute atomic E-state index is 9.65. The molecule has 3 rings (SSSR count). The molecule has 1 aliphatic rings. The molecule has 0 unspecified atom stereocenters. The van der Waals surface area contributed by atoms with Crippen LogP contribution in [0.1, 0.15) is 22.7 Å². The molecule has 0 fully saturated rings. The van der Waals surface area contributed by atoms with Gasteiger partial charge in [-0.1, -0.05) is 6.07 Å². The van der Waals surface area contributed by atoms with Gasteiger partial charge in [-0.25, -0.2) is 9.59 Å². The third-order valence-corrected chi connectivity index (χ3v) is 5.35. The Balaban J connectivity index is 0.000000409. The molecule has 0 aliphatic carbocycles. The molecule has 9 heteroatoms. The van der Waals surface area contributed by atoms with Gasteiger partial charge in [-0.3, -0.25) is 0 Å². The lowest BCUT2D eigenvalue weighted by molar-refractivity contribution is -0.159. The molecule has 0 amide bonds. The number of aliphatic carboxylic acids is 2. The number of aromatic hydroxyl groups is 1. The molecule has 0 saturated heterocycles. The summed E-state index contributed by atoms with van der Waals surface area (Å²) >= 11 is 7.11. The molecule has 28 heavy (non-hydrogen) atoms. The Bertz CT molecular complexity index is 852. The highest BCUT2D eigenvalue weighted by molar-refractivity contribution is 9.11. The first kappa shape index (κ1) is 22.2. The number of phenolic OH excluding ortho intramolecular Hbond substituents is 1. The number of carboxylic acid groups (broad SMARTS) is 2. The zero-order valence-corrected chi connectivity index (χ0v) is 18.1. The normalized spacial score (nSPS) is 15.0. The summed E-state index contributed by atoms with van der Waals surface area (Å²) in [7, 11) is 1.66. The number of hydrogen-bond acceptors (Lipinski definition) is 5. The van der Waals surface area contributed by atoms with Crippen molar-refractivity contribution in [2.45, 2.75) is 18.9 Å². The summed E-state index contributed by atoms with van der Waals surface area (Å²) in [6.45, 7) is 0.930. The monoisotopic (exact) mass is 515 g/mol. The lowest BCUT2D eigenvalue weighted by Crippen LogP contribution is -2.31. The Morgan fingerprint density at radius 2 is 1.75 bits per heavy atom. The zero-order valence-electron chi connectivity index (χ0n) is 14.9. The van der Waals surface area contributed by atoms with Crippen molar-refractivity contribution < 1.29 is 29.6 Å². The lowest BCUT2D eigenvalue weighted by atomic mass is 9.90. The molecule has 2 aromatic carbocycles. The van der Waals surface area contributed by atoms with Gasteiger partial charge >= 0.3 is 11.9 Å². The Morgan fingerprint density at radius 1 is 1.14 bits per heavy atom. The number of carbonyl (C=O) groups is 2. The fourth-order valence-corrected chi connectivity index (χ4v) is 4.59. The van der Waals surface area contributed by atoms with Crippen LogP contribution in [0.2, 0.25) is 0 Å². The van der Waals surface area contributed by atoms with E-state index in [1.165, 1.54) is 16.7 Å². The summed E-state index contributed by atoms with van der Waals surface area (Å²) in [5.41, 5.74) is 3.72. The second-order valence-corrected chi connectivity index (χ2v) is 7.76. The van der Waals surface area contributed by atoms with Crippen LogP contribution >= 0.6 is 31.9 Å². The molecule has 4 N–H and O–H groups in total. The molecule has 1 heterocycles. The highest BCUT2D eigenvalue weighted by atomic mass is 79.9. The first-order chi connectivity index (χ1) is 13.2. The molecule has 0 aromatic heterocycles. The summed E-state index contributed by atoms with van der Waals surface area (Å²) in [5, 5.41) is 28.0. The third kappa shape index (κ3) is 5.70. The minimum atomic E-state index is -1.82. The molecule has 0 saturated carbocycles. The van der Waals surface area contributed by atoms with E-state index in [4.69, 9.17) is 24.5 Å². The highest BCUT2D eigenvalue weighted by Crippen LogP contribution is 2.36. The topological polar surface area (TPSA) is 116 Å². The zero-order chi connectivity index (χ0) is 20.8. The average Bonchev–Trinajstić information content (AvgIpc) is 2.62. The van der Waals surface area contributed by atoms with Gasteiger partial charge in [-0.05, 0) is 92.2 Å². The van der Waals surface area contributed by atoms with E-state index in [0.29, 0.717) is 5.75 Å². The summed E-state index contributed by atoms with van der Waals surface area (Å²) in [6, 6.07) is 10.1. The number of halogens is 2. The summed E-state index contributed by atoms with van der Waals surface area (Å²) in [5.74, 6) is -2.50. The first-order valence-electron chi connectivity index (χ1n) is 8.26. The Kier molecular flexibility index (Phi) is 7.85. The van der Waals surface area contributed by atoms with Gasteiger partial charge in [0.2, 0.25) is 0 Å². The second-order valence-electron chi connectivity index (χ2n) is 6.05. The Morgan fingerprint density at radius 3 is 2.29 bits per heavy atom. The molecule has 2 aromatic rings. The quantitative estimate of drug-likeness (QED) is 0.461. The van der Waals surface area contributed by atoms with Gasteiger partial charge in [0.25, 0.3) is 0 Å². The number of rotatable bonds is 3. The lowest BCUT2D eigenvalue weighted by Gasteiger charge is -2.27. The molecule has 1 atom stereocenters. The summed E-state index contributed by atoms with van der Waals surface area (Å²) in [4.78, 5) is 18.2. The van der Waals surface area contributed by atoms with Crippen LogP contribution in [0, 0.1) is 0 Å². The average molecular weight is 517 g/mol. The number of carboxylic acids is 2. The maximum Gasteiger partial charge on any atom is 0.414 e. The number of fused-ring (bicyclic) bond motifs is 1. The van der Waals surface area contributed by atoms with Gasteiger partial charge < -0.3 is 25.4 Å². The van der Waals surface area contributed by atoms with Crippen molar-refractivity contribution in [3.8, 4) is 11.5 Å². The minimum Gasteiger partial charge on any atom is -0.508 e. The highest BCUT2D eigenvalue weighted by Gasteiger charge is 2.21. The van der Waals surface area contributed by atoms with E-state index in [0.717, 1.165) is 34.1 Å². The molecule has 7 nitrogen and oxygen atoms in total. The Labute approximate surface area is 178 Å². The fraction of sp³-hybridized carbons (Fsp3) is 0.263. The second kappa shape index (κ2) is 9.90. The molecule has 1 aliphatic heterocycles. The first-order valence-corrected chi connectivity index (χ1v) is 9.84. The third-order valence-electron chi connectivity index (χ3n) is 4.17. The van der Waals surface area contributed by atoms with Crippen molar-refractivity contribution in [2.24, 2.45) is 0 Å². The van der Waals surface area contributed by atoms with Gasteiger partial charge in [0.15, 0.2) is 0 Å². The van der Waals surface area contributed by atoms with Crippen LogP contribution in [0.25, 0.3) is 0 Å². The molecule has 0 spiro atoms. The van der Waals surface area contributed by atoms with Crippen LogP contribution in [0.3, 0.4) is 0 Å². The van der Waals surface area contributed by atoms with Gasteiger partial charge in [-0.15, -0.1) is 0 Å². The van der Waals surface area contributed by atoms with Crippen LogP contribution in [0.15, 0.2) is 39.3 Å². The molecule has 0 bridgehead atoms. The maximum atomic E-state index is 9.65. The molecule has 150 valence electrons. The van der Waals surface area contributed by atoms with E-state index in [1.54, 1.807) is 13.2 Å². The van der Waals surface area contributed by atoms with Gasteiger partial charge in [0.1, 0.15) is 11.5 Å². The van der Waals surface area contributed by atoms with Crippen molar-refractivity contribution in [1.29, 1.82) is 0 Å². The largest absolute Gasteiger partial charge is 0.508 e. The van der Waals surface area contributed by atoms with E-state index < -0.39 is 11.9 Å². The molecular formula is C19H19Br2NO6. The van der Waals surface area contributed by atoms with E-state index in [1.807, 2.05) is 12.1 Å². The van der Waals surface area contributed by atoms with Crippen LogP contribution in [-0.2, 0) is 22.4 Å². The van der Waals surface area contributed by atoms with Crippen LogP contribution in [0.4, 0.5) is 0 Å².